The van der Waals surface area contributed by atoms with Crippen molar-refractivity contribution >= 4 is 11.8 Å². The Hall–Kier alpha value is -3.37. The van der Waals surface area contributed by atoms with E-state index in [1.165, 1.54) is 12.8 Å². The Kier molecular flexibility index (Phi) is 10.9. The minimum Gasteiger partial charge on any atom is -0.481 e. The van der Waals surface area contributed by atoms with E-state index in [1.807, 2.05) is 30.1 Å². The number of anilines is 1. The van der Waals surface area contributed by atoms with E-state index >= 15 is 0 Å². The van der Waals surface area contributed by atoms with Crippen molar-refractivity contribution in [3.63, 3.8) is 0 Å². The molecule has 1 aliphatic heterocycles. The average Bonchev–Trinajstić information content (AvgIpc) is 3.51. The largest absolute Gasteiger partial charge is 0.481 e. The first-order valence-electron chi connectivity index (χ1n) is 17.8. The Labute approximate surface area is 278 Å². The number of carboxylic acids is 1. The molecule has 0 unspecified atom stereocenters. The molecule has 0 spiro atoms. The van der Waals surface area contributed by atoms with Gasteiger partial charge in [-0.25, -0.2) is 14.4 Å². The van der Waals surface area contributed by atoms with Gasteiger partial charge in [-0.2, -0.15) is 5.10 Å². The average molecular weight is 646 g/mol. The molecule has 254 valence electrons. The molecule has 2 aliphatic carbocycles. The minimum absolute atomic E-state index is 0.00421. The molecular formula is C37H52FN7O2. The van der Waals surface area contributed by atoms with Gasteiger partial charge in [-0.15, -0.1) is 0 Å². The van der Waals surface area contributed by atoms with Crippen LogP contribution in [0.1, 0.15) is 105 Å². The van der Waals surface area contributed by atoms with Gasteiger partial charge in [-0.1, -0.05) is 32.0 Å². The molecule has 3 aromatic rings. The van der Waals surface area contributed by atoms with Crippen LogP contribution < -0.4 is 10.6 Å². The topological polar surface area (TPSA) is 108 Å². The summed E-state index contributed by atoms with van der Waals surface area (Å²) in [6, 6.07) is 7.44. The summed E-state index contributed by atoms with van der Waals surface area (Å²) in [7, 11) is 1.96. The fourth-order valence-electron chi connectivity index (χ4n) is 8.30. The number of rotatable bonds is 12. The predicted molar refractivity (Wildman–Crippen MR) is 182 cm³/mol. The molecule has 2 aromatic heterocycles. The summed E-state index contributed by atoms with van der Waals surface area (Å²) in [4.78, 5) is 24.4. The normalized spacial score (nSPS) is 24.8. The fraction of sp³-hybridized carbons (Fsp3) is 0.622. The van der Waals surface area contributed by atoms with Gasteiger partial charge >= 0.3 is 5.97 Å². The summed E-state index contributed by atoms with van der Waals surface area (Å²) < 4.78 is 16.8. The molecule has 0 amide bonds. The van der Waals surface area contributed by atoms with E-state index in [4.69, 9.17) is 9.97 Å². The van der Waals surface area contributed by atoms with Gasteiger partial charge in [0.05, 0.1) is 24.7 Å². The Balaban J connectivity index is 1.27. The van der Waals surface area contributed by atoms with Gasteiger partial charge in [0.15, 0.2) is 0 Å². The maximum atomic E-state index is 15.0. The molecule has 1 saturated carbocycles. The van der Waals surface area contributed by atoms with Crippen molar-refractivity contribution in [1.29, 1.82) is 0 Å². The zero-order valence-corrected chi connectivity index (χ0v) is 28.3. The van der Waals surface area contributed by atoms with Gasteiger partial charge in [0.2, 0.25) is 0 Å². The highest BCUT2D eigenvalue weighted by Gasteiger charge is 2.32. The third-order valence-corrected chi connectivity index (χ3v) is 10.9. The van der Waals surface area contributed by atoms with Crippen LogP contribution in [-0.2, 0) is 31.2 Å². The SMILES string of the molecule is CC[C@@H](NCc1nc2c(c(N[C@@H](CN3CCC[C@H](C)C3)c3cnn(C)c3)n1)C[C@@H](c1ccccc1F)CC2)C1CCC(C(=O)O)CC1. The molecule has 6 rings (SSSR count). The second-order valence-electron chi connectivity index (χ2n) is 14.4. The monoisotopic (exact) mass is 645 g/mol. The highest BCUT2D eigenvalue weighted by molar-refractivity contribution is 5.70. The van der Waals surface area contributed by atoms with Crippen molar-refractivity contribution in [3.05, 3.63) is 70.7 Å². The van der Waals surface area contributed by atoms with Crippen LogP contribution >= 0.6 is 0 Å². The lowest BCUT2D eigenvalue weighted by Gasteiger charge is -2.35. The number of piperidine rings is 1. The van der Waals surface area contributed by atoms with E-state index in [0.29, 0.717) is 24.8 Å². The van der Waals surface area contributed by atoms with E-state index in [0.717, 1.165) is 98.6 Å². The standard InChI is InChI=1S/C37H52FN7O2/c1-4-32(25-11-13-26(14-12-25)37(46)47)39-20-35-41-33-16-15-27(29-9-5-6-10-31(29)38)18-30(33)36(43-35)42-34(28-19-40-44(3)22-28)23-45-17-7-8-24(2)21-45/h5-6,9-10,19,22,24-27,32,34,39H,4,7-8,11-18,20-21,23H2,1-3H3,(H,46,47)(H,41,42,43)/t24-,25?,26?,27-,32+,34-/m0/s1. The van der Waals surface area contributed by atoms with Crippen molar-refractivity contribution in [2.24, 2.45) is 24.8 Å². The number of likely N-dealkylation sites (tertiary alicyclic amines) is 1. The van der Waals surface area contributed by atoms with E-state index in [-0.39, 0.29) is 29.7 Å². The Morgan fingerprint density at radius 2 is 1.94 bits per heavy atom. The Morgan fingerprint density at radius 1 is 1.13 bits per heavy atom. The first-order chi connectivity index (χ1) is 22.8. The van der Waals surface area contributed by atoms with Crippen LogP contribution in [0.2, 0.25) is 0 Å². The third-order valence-electron chi connectivity index (χ3n) is 10.9. The molecule has 10 heteroatoms. The van der Waals surface area contributed by atoms with Crippen LogP contribution in [0.15, 0.2) is 36.7 Å². The van der Waals surface area contributed by atoms with Crippen molar-refractivity contribution < 1.29 is 14.3 Å². The predicted octanol–water partition coefficient (Wildman–Crippen LogP) is 6.27. The van der Waals surface area contributed by atoms with Crippen LogP contribution in [0.25, 0.3) is 0 Å². The zero-order chi connectivity index (χ0) is 32.9. The number of hydrogen-bond acceptors (Lipinski definition) is 7. The van der Waals surface area contributed by atoms with E-state index in [1.54, 1.807) is 12.1 Å². The number of carbonyl (C=O) groups is 1. The molecule has 1 saturated heterocycles. The molecule has 3 heterocycles. The van der Waals surface area contributed by atoms with Crippen molar-refractivity contribution in [3.8, 4) is 0 Å². The first-order valence-corrected chi connectivity index (χ1v) is 17.8. The first kappa shape index (κ1) is 33.5. The Morgan fingerprint density at radius 3 is 2.64 bits per heavy atom. The van der Waals surface area contributed by atoms with Gasteiger partial charge in [-0.3, -0.25) is 9.48 Å². The van der Waals surface area contributed by atoms with Crippen LogP contribution in [0.5, 0.6) is 0 Å². The van der Waals surface area contributed by atoms with Crippen molar-refractivity contribution in [1.82, 2.24) is 30.0 Å². The number of nitrogens with zero attached hydrogens (tertiary/aromatic N) is 5. The molecule has 0 radical (unpaired) electrons. The maximum absolute atomic E-state index is 15.0. The number of hydrogen-bond donors (Lipinski definition) is 3. The molecule has 3 aliphatic rings. The molecule has 4 atom stereocenters. The molecule has 1 aromatic carbocycles. The van der Waals surface area contributed by atoms with Crippen LogP contribution in [0.3, 0.4) is 0 Å². The van der Waals surface area contributed by atoms with Crippen molar-refractivity contribution in [2.45, 2.75) is 103 Å². The zero-order valence-electron chi connectivity index (χ0n) is 28.3. The van der Waals surface area contributed by atoms with Gasteiger partial charge in [0.1, 0.15) is 17.5 Å². The summed E-state index contributed by atoms with van der Waals surface area (Å²) in [6.07, 6.45) is 13.2. The molecule has 47 heavy (non-hydrogen) atoms. The van der Waals surface area contributed by atoms with E-state index in [2.05, 4.69) is 40.7 Å². The third kappa shape index (κ3) is 8.20. The highest BCUT2D eigenvalue weighted by atomic mass is 19.1. The van der Waals surface area contributed by atoms with Gasteiger partial charge in [0, 0.05) is 49.2 Å². The fourth-order valence-corrected chi connectivity index (χ4v) is 8.30. The summed E-state index contributed by atoms with van der Waals surface area (Å²) in [5, 5.41) is 21.6. The summed E-state index contributed by atoms with van der Waals surface area (Å²) >= 11 is 0. The lowest BCUT2D eigenvalue weighted by atomic mass is 9.78. The number of benzene rings is 1. The number of aromatic nitrogens is 4. The Bertz CT molecular complexity index is 1500. The highest BCUT2D eigenvalue weighted by Crippen LogP contribution is 2.37. The molecule has 3 N–H and O–H groups in total. The van der Waals surface area contributed by atoms with Crippen LogP contribution in [0.4, 0.5) is 10.2 Å². The summed E-state index contributed by atoms with van der Waals surface area (Å²) in [5.74, 6) is 1.80. The molecular weight excluding hydrogens is 593 g/mol. The van der Waals surface area contributed by atoms with Gasteiger partial charge < -0.3 is 20.6 Å². The molecule has 0 bridgehead atoms. The number of halogens is 1. The summed E-state index contributed by atoms with van der Waals surface area (Å²) in [5.41, 5.74) is 4.04. The van der Waals surface area contributed by atoms with Crippen LogP contribution in [0, 0.1) is 23.6 Å². The quantitative estimate of drug-likeness (QED) is 0.212. The van der Waals surface area contributed by atoms with Gasteiger partial charge in [-0.05, 0) is 100 Å². The lowest BCUT2D eigenvalue weighted by molar-refractivity contribution is -0.143. The lowest BCUT2D eigenvalue weighted by Crippen LogP contribution is -2.39. The minimum atomic E-state index is -0.663. The smallest absolute Gasteiger partial charge is 0.306 e. The number of carboxylic acid groups (broad SMARTS) is 1. The number of nitrogens with one attached hydrogen (secondary N) is 2. The number of aryl methyl sites for hydroxylation is 2. The van der Waals surface area contributed by atoms with Gasteiger partial charge in [0.25, 0.3) is 0 Å². The molecule has 2 fully saturated rings. The number of aliphatic carboxylic acids is 1. The summed E-state index contributed by atoms with van der Waals surface area (Å²) in [6.45, 7) is 8.11. The molecule has 9 nitrogen and oxygen atoms in total. The van der Waals surface area contributed by atoms with E-state index in [9.17, 15) is 14.3 Å². The van der Waals surface area contributed by atoms with Crippen LogP contribution in [-0.4, -0.2) is 61.4 Å². The van der Waals surface area contributed by atoms with E-state index < -0.39 is 5.97 Å². The maximum Gasteiger partial charge on any atom is 0.306 e. The van der Waals surface area contributed by atoms with Crippen molar-refractivity contribution in [2.75, 3.05) is 25.0 Å². The second kappa shape index (κ2) is 15.2. The number of fused-ring (bicyclic) bond motifs is 1. The second-order valence-corrected chi connectivity index (χ2v) is 14.4.